The Morgan fingerprint density at radius 3 is 2.46 bits per heavy atom. The van der Waals surface area contributed by atoms with Gasteiger partial charge in [0.25, 0.3) is 0 Å². The first-order valence-electron chi connectivity index (χ1n) is 8.59. The highest BCUT2D eigenvalue weighted by atomic mass is 32.2. The van der Waals surface area contributed by atoms with Crippen molar-refractivity contribution in [2.45, 2.75) is 17.7 Å². The number of rotatable bonds is 5. The molecule has 150 valence electrons. The van der Waals surface area contributed by atoms with Crippen molar-refractivity contribution in [1.82, 2.24) is 4.90 Å². The number of carbonyl (C=O) groups excluding carboxylic acids is 1. The Balaban J connectivity index is 1.84. The predicted octanol–water partition coefficient (Wildman–Crippen LogP) is 3.40. The van der Waals surface area contributed by atoms with Crippen LogP contribution in [0.2, 0.25) is 0 Å². The van der Waals surface area contributed by atoms with Gasteiger partial charge in [-0.15, -0.1) is 0 Å². The van der Waals surface area contributed by atoms with Gasteiger partial charge in [0, 0.05) is 17.5 Å². The lowest BCUT2D eigenvalue weighted by atomic mass is 9.89. The van der Waals surface area contributed by atoms with Gasteiger partial charge in [-0.05, 0) is 51.2 Å². The van der Waals surface area contributed by atoms with Crippen molar-refractivity contribution in [3.63, 3.8) is 0 Å². The second-order valence-corrected chi connectivity index (χ2v) is 8.22. The van der Waals surface area contributed by atoms with Gasteiger partial charge in [-0.25, -0.2) is 13.2 Å². The Morgan fingerprint density at radius 1 is 1.11 bits per heavy atom. The number of ketones is 1. The van der Waals surface area contributed by atoms with Crippen LogP contribution in [0, 0.1) is 23.4 Å². The molecule has 0 spiro atoms. The molecule has 3 rings (SSSR count). The van der Waals surface area contributed by atoms with Crippen molar-refractivity contribution in [1.29, 1.82) is 0 Å². The molecule has 0 saturated carbocycles. The summed E-state index contributed by atoms with van der Waals surface area (Å²) in [6.45, 7) is 1.57. The number of Topliss-reactive ketones (excluding diaryl/α,β-unsaturated/α-hetero) is 1. The van der Waals surface area contributed by atoms with Crippen molar-refractivity contribution in [3.05, 3.63) is 59.4 Å². The van der Waals surface area contributed by atoms with Gasteiger partial charge in [-0.3, -0.25) is 4.79 Å². The van der Waals surface area contributed by atoms with Gasteiger partial charge in [0.15, 0.2) is 17.4 Å². The maximum Gasteiger partial charge on any atom is 0.342 e. The van der Waals surface area contributed by atoms with Crippen LogP contribution < -0.4 is 4.18 Å². The fourth-order valence-corrected chi connectivity index (χ4v) is 4.11. The second-order valence-electron chi connectivity index (χ2n) is 6.71. The maximum absolute atomic E-state index is 13.8. The number of piperidine rings is 1. The quantitative estimate of drug-likeness (QED) is 0.427. The summed E-state index contributed by atoms with van der Waals surface area (Å²) < 4.78 is 69.8. The number of halogens is 3. The molecule has 28 heavy (non-hydrogen) atoms. The van der Waals surface area contributed by atoms with E-state index in [4.69, 9.17) is 4.18 Å². The molecule has 2 aromatic carbocycles. The summed E-state index contributed by atoms with van der Waals surface area (Å²) in [6, 6.07) is 6.01. The van der Waals surface area contributed by atoms with Crippen molar-refractivity contribution >= 4 is 15.9 Å². The van der Waals surface area contributed by atoms with E-state index >= 15 is 0 Å². The maximum atomic E-state index is 13.8. The van der Waals surface area contributed by atoms with Crippen LogP contribution in [0.4, 0.5) is 13.2 Å². The molecule has 0 N–H and O–H groups in total. The fourth-order valence-electron chi connectivity index (χ4n) is 3.09. The molecule has 1 saturated heterocycles. The molecule has 0 aromatic heterocycles. The largest absolute Gasteiger partial charge is 0.379 e. The molecule has 1 aliphatic rings. The third-order valence-electron chi connectivity index (χ3n) is 4.64. The molecule has 5 nitrogen and oxygen atoms in total. The highest BCUT2D eigenvalue weighted by Crippen LogP contribution is 2.26. The number of hydrogen-bond donors (Lipinski definition) is 0. The Kier molecular flexibility index (Phi) is 5.76. The summed E-state index contributed by atoms with van der Waals surface area (Å²) in [6.07, 6.45) is 1.37. The van der Waals surface area contributed by atoms with E-state index in [0.717, 1.165) is 13.1 Å². The van der Waals surface area contributed by atoms with Crippen molar-refractivity contribution in [2.75, 3.05) is 20.1 Å². The van der Waals surface area contributed by atoms with Gasteiger partial charge in [-0.1, -0.05) is 12.1 Å². The Hall–Kier alpha value is -2.39. The van der Waals surface area contributed by atoms with E-state index in [2.05, 4.69) is 4.90 Å². The lowest BCUT2D eigenvalue weighted by Gasteiger charge is -2.28. The Bertz CT molecular complexity index is 1000. The van der Waals surface area contributed by atoms with E-state index in [9.17, 15) is 26.4 Å². The molecule has 0 amide bonds. The lowest BCUT2D eigenvalue weighted by molar-refractivity contribution is 0.0856. The zero-order valence-corrected chi connectivity index (χ0v) is 15.8. The molecule has 1 heterocycles. The zero-order chi connectivity index (χ0) is 20.5. The van der Waals surface area contributed by atoms with Gasteiger partial charge >= 0.3 is 10.1 Å². The number of carbonyl (C=O) groups is 1. The van der Waals surface area contributed by atoms with Crippen molar-refractivity contribution in [3.8, 4) is 5.75 Å². The third-order valence-corrected chi connectivity index (χ3v) is 5.89. The SMILES string of the molecule is CN1CCC(C(=O)c2cccc(OS(=O)(=O)c3cc(F)cc(F)c3F)c2)CC1. The van der Waals surface area contributed by atoms with Gasteiger partial charge in [-0.2, -0.15) is 8.42 Å². The van der Waals surface area contributed by atoms with Crippen LogP contribution in [0.25, 0.3) is 0 Å². The molecule has 9 heteroatoms. The topological polar surface area (TPSA) is 63.7 Å². The van der Waals surface area contributed by atoms with Crippen LogP contribution in [0.3, 0.4) is 0 Å². The van der Waals surface area contributed by atoms with E-state index in [1.807, 2.05) is 7.05 Å². The van der Waals surface area contributed by atoms with Gasteiger partial charge in [0.1, 0.15) is 16.5 Å². The molecular formula is C19H18F3NO4S. The van der Waals surface area contributed by atoms with E-state index < -0.39 is 32.5 Å². The Labute approximate surface area is 160 Å². The molecule has 1 aliphatic heterocycles. The van der Waals surface area contributed by atoms with E-state index in [-0.39, 0.29) is 29.1 Å². The summed E-state index contributed by atoms with van der Waals surface area (Å²) in [4.78, 5) is 13.5. The second kappa shape index (κ2) is 7.92. The molecule has 1 fully saturated rings. The van der Waals surface area contributed by atoms with E-state index in [0.29, 0.717) is 18.9 Å². The highest BCUT2D eigenvalue weighted by molar-refractivity contribution is 7.87. The van der Waals surface area contributed by atoms with Crippen LogP contribution in [0.1, 0.15) is 23.2 Å². The standard InChI is InChI=1S/C19H18F3NO4S/c1-23-7-5-12(6-8-23)19(24)13-3-2-4-15(9-13)27-28(25,26)17-11-14(20)10-16(21)18(17)22/h2-4,9-12H,5-8H2,1H3. The van der Waals surface area contributed by atoms with Gasteiger partial charge in [0.05, 0.1) is 0 Å². The minimum Gasteiger partial charge on any atom is -0.379 e. The third kappa shape index (κ3) is 4.36. The average molecular weight is 413 g/mol. The molecule has 2 aromatic rings. The number of nitrogens with zero attached hydrogens (tertiary/aromatic N) is 1. The van der Waals surface area contributed by atoms with Crippen LogP contribution in [0.15, 0.2) is 41.3 Å². The summed E-state index contributed by atoms with van der Waals surface area (Å²) >= 11 is 0. The number of hydrogen-bond acceptors (Lipinski definition) is 5. The minimum atomic E-state index is -4.84. The molecular weight excluding hydrogens is 395 g/mol. The number of likely N-dealkylation sites (tertiary alicyclic amines) is 1. The van der Waals surface area contributed by atoms with Crippen molar-refractivity contribution < 1.29 is 30.6 Å². The fraction of sp³-hybridized carbons (Fsp3) is 0.316. The first-order chi connectivity index (χ1) is 13.2. The van der Waals surface area contributed by atoms with E-state index in [1.54, 1.807) is 0 Å². The van der Waals surface area contributed by atoms with Crippen LogP contribution >= 0.6 is 0 Å². The lowest BCUT2D eigenvalue weighted by Crippen LogP contribution is -2.33. The summed E-state index contributed by atoms with van der Waals surface area (Å²) in [5.74, 6) is -5.21. The zero-order valence-electron chi connectivity index (χ0n) is 15.0. The first-order valence-corrected chi connectivity index (χ1v) is 10.00. The monoisotopic (exact) mass is 413 g/mol. The van der Waals surface area contributed by atoms with Crippen LogP contribution in [0.5, 0.6) is 5.75 Å². The average Bonchev–Trinajstić information content (AvgIpc) is 2.64. The summed E-state index contributed by atoms with van der Waals surface area (Å²) in [5, 5.41) is 0. The molecule has 0 bridgehead atoms. The number of benzene rings is 2. The highest BCUT2D eigenvalue weighted by Gasteiger charge is 2.27. The van der Waals surface area contributed by atoms with E-state index in [1.165, 1.54) is 24.3 Å². The minimum absolute atomic E-state index is 0.140. The summed E-state index contributed by atoms with van der Waals surface area (Å²) in [5.41, 5.74) is 0.258. The summed E-state index contributed by atoms with van der Waals surface area (Å²) in [7, 11) is -2.87. The molecule has 0 atom stereocenters. The van der Waals surface area contributed by atoms with Gasteiger partial charge in [0.2, 0.25) is 0 Å². The Morgan fingerprint density at radius 2 is 1.79 bits per heavy atom. The van der Waals surface area contributed by atoms with Gasteiger partial charge < -0.3 is 9.08 Å². The molecule has 0 unspecified atom stereocenters. The smallest absolute Gasteiger partial charge is 0.342 e. The molecule has 0 radical (unpaired) electrons. The first kappa shape index (κ1) is 20.3. The van der Waals surface area contributed by atoms with Crippen LogP contribution in [-0.4, -0.2) is 39.2 Å². The predicted molar refractivity (Wildman–Crippen MR) is 95.1 cm³/mol. The van der Waals surface area contributed by atoms with Crippen LogP contribution in [-0.2, 0) is 10.1 Å². The van der Waals surface area contributed by atoms with Crippen molar-refractivity contribution in [2.24, 2.45) is 5.92 Å². The molecule has 0 aliphatic carbocycles. The normalized spacial score (nSPS) is 16.1.